The van der Waals surface area contributed by atoms with Crippen LogP contribution in [-0.4, -0.2) is 42.0 Å². The van der Waals surface area contributed by atoms with Crippen LogP contribution in [0.15, 0.2) is 53.2 Å². The van der Waals surface area contributed by atoms with E-state index >= 15 is 0 Å². The summed E-state index contributed by atoms with van der Waals surface area (Å²) in [5, 5.41) is 21.5. The molecule has 0 saturated heterocycles. The highest BCUT2D eigenvalue weighted by atomic mass is 19.4. The molecule has 3 heterocycles. The molecule has 5 aromatic rings. The molecule has 2 aromatic carbocycles. The van der Waals surface area contributed by atoms with Crippen LogP contribution in [0, 0.1) is 5.82 Å². The SMILES string of the molecule is Cn1cnnc1-c1cc(F)ccc1-c1cc(-c2nc3cc(CNCC4(O)CCC4)cc(C(F)(F)F)c3o2)nc(C2CC2)c1. The lowest BCUT2D eigenvalue weighted by molar-refractivity contribution is -0.136. The molecule has 3 aromatic heterocycles. The van der Waals surface area contributed by atoms with E-state index in [4.69, 9.17) is 9.40 Å². The van der Waals surface area contributed by atoms with E-state index in [1.54, 1.807) is 29.8 Å². The van der Waals surface area contributed by atoms with Crippen LogP contribution < -0.4 is 5.32 Å². The Hall–Kier alpha value is -4.16. The summed E-state index contributed by atoms with van der Waals surface area (Å²) in [6.45, 7) is 0.440. The highest BCUT2D eigenvalue weighted by Gasteiger charge is 2.37. The minimum absolute atomic E-state index is 0.0412. The first-order valence-corrected chi connectivity index (χ1v) is 14.2. The molecule has 2 N–H and O–H groups in total. The fraction of sp³-hybridized carbons (Fsp3) is 0.355. The molecule has 2 saturated carbocycles. The lowest BCUT2D eigenvalue weighted by Gasteiger charge is -2.36. The number of pyridine rings is 1. The minimum atomic E-state index is -4.68. The third kappa shape index (κ3) is 5.40. The molecule has 8 nitrogen and oxygen atoms in total. The van der Waals surface area contributed by atoms with Gasteiger partial charge in [-0.25, -0.2) is 14.4 Å². The zero-order valence-corrected chi connectivity index (χ0v) is 23.2. The van der Waals surface area contributed by atoms with Gasteiger partial charge in [-0.1, -0.05) is 6.07 Å². The van der Waals surface area contributed by atoms with E-state index in [0.717, 1.165) is 31.0 Å². The molecular formula is C31H28F4N6O2. The number of halogens is 4. The van der Waals surface area contributed by atoms with Gasteiger partial charge in [-0.2, -0.15) is 13.2 Å². The van der Waals surface area contributed by atoms with Crippen LogP contribution in [0.5, 0.6) is 0 Å². The van der Waals surface area contributed by atoms with Gasteiger partial charge >= 0.3 is 6.18 Å². The Morgan fingerprint density at radius 1 is 1.07 bits per heavy atom. The van der Waals surface area contributed by atoms with Gasteiger partial charge in [0, 0.05) is 37.3 Å². The number of nitrogens with one attached hydrogen (secondary N) is 1. The van der Waals surface area contributed by atoms with Crippen molar-refractivity contribution in [1.82, 2.24) is 30.0 Å². The average molecular weight is 593 g/mol. The molecule has 12 heteroatoms. The van der Waals surface area contributed by atoms with Crippen LogP contribution >= 0.6 is 0 Å². The Morgan fingerprint density at radius 2 is 1.88 bits per heavy atom. The second kappa shape index (κ2) is 10.2. The molecule has 222 valence electrons. The monoisotopic (exact) mass is 592 g/mol. The van der Waals surface area contributed by atoms with Gasteiger partial charge in [-0.05, 0) is 85.2 Å². The summed E-state index contributed by atoms with van der Waals surface area (Å²) in [5.41, 5.74) is 1.24. The van der Waals surface area contributed by atoms with Gasteiger partial charge in [-0.15, -0.1) is 10.2 Å². The van der Waals surface area contributed by atoms with E-state index in [1.165, 1.54) is 18.5 Å². The van der Waals surface area contributed by atoms with Crippen LogP contribution in [0.4, 0.5) is 17.6 Å². The third-order valence-electron chi connectivity index (χ3n) is 8.23. The van der Waals surface area contributed by atoms with E-state index in [9.17, 15) is 22.7 Å². The van der Waals surface area contributed by atoms with Crippen molar-refractivity contribution in [3.05, 3.63) is 71.4 Å². The first kappa shape index (κ1) is 27.7. The first-order valence-electron chi connectivity index (χ1n) is 14.2. The highest BCUT2D eigenvalue weighted by Crippen LogP contribution is 2.43. The molecule has 7 rings (SSSR count). The lowest BCUT2D eigenvalue weighted by Crippen LogP contribution is -2.45. The smallest absolute Gasteiger partial charge is 0.420 e. The third-order valence-corrected chi connectivity index (χ3v) is 8.23. The van der Waals surface area contributed by atoms with Crippen molar-refractivity contribution in [1.29, 1.82) is 0 Å². The van der Waals surface area contributed by atoms with Crippen molar-refractivity contribution in [3.63, 3.8) is 0 Å². The summed E-state index contributed by atoms with van der Waals surface area (Å²) in [6.07, 6.45) is 1.00. The Bertz CT molecular complexity index is 1840. The van der Waals surface area contributed by atoms with Crippen molar-refractivity contribution in [2.75, 3.05) is 6.54 Å². The predicted molar refractivity (Wildman–Crippen MR) is 150 cm³/mol. The number of aliphatic hydroxyl groups is 1. The van der Waals surface area contributed by atoms with Crippen LogP contribution in [-0.2, 0) is 19.8 Å². The number of hydrogen-bond acceptors (Lipinski definition) is 7. The summed E-state index contributed by atoms with van der Waals surface area (Å²) in [5.74, 6) is 0.184. The van der Waals surface area contributed by atoms with Crippen LogP contribution in [0.1, 0.15) is 54.8 Å². The van der Waals surface area contributed by atoms with Gasteiger partial charge < -0.3 is 19.4 Å². The summed E-state index contributed by atoms with van der Waals surface area (Å²) in [6, 6.07) is 10.6. The quantitative estimate of drug-likeness (QED) is 0.201. The molecule has 0 unspecified atom stereocenters. The van der Waals surface area contributed by atoms with Gasteiger partial charge in [0.25, 0.3) is 0 Å². The van der Waals surface area contributed by atoms with Gasteiger partial charge in [-0.3, -0.25) is 0 Å². The molecule has 43 heavy (non-hydrogen) atoms. The molecule has 0 bridgehead atoms. The lowest BCUT2D eigenvalue weighted by atomic mass is 9.80. The van der Waals surface area contributed by atoms with Crippen molar-refractivity contribution in [2.24, 2.45) is 7.05 Å². The minimum Gasteiger partial charge on any atom is -0.434 e. The predicted octanol–water partition coefficient (Wildman–Crippen LogP) is 6.39. The topological polar surface area (TPSA) is 102 Å². The van der Waals surface area contributed by atoms with Gasteiger partial charge in [0.2, 0.25) is 5.89 Å². The molecular weight excluding hydrogens is 564 g/mol. The summed E-state index contributed by atoms with van der Waals surface area (Å²) < 4.78 is 64.4. The zero-order chi connectivity index (χ0) is 29.9. The maximum Gasteiger partial charge on any atom is 0.420 e. The second-order valence-electron chi connectivity index (χ2n) is 11.6. The Balaban J connectivity index is 1.31. The summed E-state index contributed by atoms with van der Waals surface area (Å²) in [7, 11) is 1.76. The number of benzene rings is 2. The van der Waals surface area contributed by atoms with Crippen molar-refractivity contribution in [2.45, 2.75) is 56.3 Å². The fourth-order valence-electron chi connectivity index (χ4n) is 5.60. The number of aromatic nitrogens is 5. The summed E-state index contributed by atoms with van der Waals surface area (Å²) in [4.78, 5) is 9.20. The van der Waals surface area contributed by atoms with Gasteiger partial charge in [0.1, 0.15) is 28.9 Å². The molecule has 0 spiro atoms. The maximum atomic E-state index is 14.4. The second-order valence-corrected chi connectivity index (χ2v) is 11.6. The number of fused-ring (bicyclic) bond motifs is 1. The van der Waals surface area contributed by atoms with Crippen LogP contribution in [0.2, 0.25) is 0 Å². The Kier molecular flexibility index (Phi) is 6.58. The largest absolute Gasteiger partial charge is 0.434 e. The van der Waals surface area contributed by atoms with E-state index in [1.807, 2.05) is 6.07 Å². The number of hydrogen-bond donors (Lipinski definition) is 2. The molecule has 0 atom stereocenters. The highest BCUT2D eigenvalue weighted by molar-refractivity contribution is 5.84. The average Bonchev–Trinajstić information content (AvgIpc) is 3.58. The normalized spacial score (nSPS) is 16.5. The molecule has 2 aliphatic rings. The van der Waals surface area contributed by atoms with Crippen molar-refractivity contribution >= 4 is 11.1 Å². The van der Waals surface area contributed by atoms with Crippen molar-refractivity contribution in [3.8, 4) is 34.1 Å². The van der Waals surface area contributed by atoms with Gasteiger partial charge in [0.15, 0.2) is 11.4 Å². The molecule has 0 aliphatic heterocycles. The number of alkyl halides is 3. The van der Waals surface area contributed by atoms with Gasteiger partial charge in [0.05, 0.1) is 5.60 Å². The Labute approximate surface area is 243 Å². The maximum absolute atomic E-state index is 14.4. The molecule has 0 radical (unpaired) electrons. The van der Waals surface area contributed by atoms with Crippen molar-refractivity contribution < 1.29 is 27.1 Å². The molecule has 0 amide bonds. The van der Waals surface area contributed by atoms with E-state index < -0.39 is 23.2 Å². The fourth-order valence-corrected chi connectivity index (χ4v) is 5.60. The number of nitrogens with zero attached hydrogens (tertiary/aromatic N) is 5. The zero-order valence-electron chi connectivity index (χ0n) is 23.2. The van der Waals surface area contributed by atoms with Crippen LogP contribution in [0.25, 0.3) is 45.2 Å². The number of rotatable bonds is 8. The Morgan fingerprint density at radius 3 is 2.56 bits per heavy atom. The van der Waals surface area contributed by atoms with E-state index in [-0.39, 0.29) is 35.1 Å². The number of aryl methyl sites for hydroxylation is 1. The number of oxazole rings is 1. The van der Waals surface area contributed by atoms with E-state index in [2.05, 4.69) is 20.5 Å². The van der Waals surface area contributed by atoms with E-state index in [0.29, 0.717) is 47.5 Å². The summed E-state index contributed by atoms with van der Waals surface area (Å²) >= 11 is 0. The molecule has 2 fully saturated rings. The van der Waals surface area contributed by atoms with Crippen LogP contribution in [0.3, 0.4) is 0 Å². The molecule has 2 aliphatic carbocycles. The first-order chi connectivity index (χ1) is 20.6. The standard InChI is InChI=1S/C31H28F4N6O2/c1-41-16-37-40-28(41)22-13-20(32)5-6-21(22)19-11-24(18-3-4-18)38-26(12-19)29-39-25-10-17(14-36-15-30(42)7-2-8-30)9-23(27(25)43-29)31(33,34)35/h5-6,9-13,16,18,36,42H,2-4,7-8,14-15H2,1H3.